The molecule has 118 valence electrons. The van der Waals surface area contributed by atoms with Crippen LogP contribution >= 0.6 is 34.9 Å². The van der Waals surface area contributed by atoms with Gasteiger partial charge in [0.1, 0.15) is 0 Å². The zero-order valence-corrected chi connectivity index (χ0v) is 13.6. The third kappa shape index (κ3) is 4.62. The van der Waals surface area contributed by atoms with Crippen LogP contribution in [0.25, 0.3) is 0 Å². The first-order valence-electron chi connectivity index (χ1n) is 5.86. The lowest BCUT2D eigenvalue weighted by Crippen LogP contribution is -2.18. The highest BCUT2D eigenvalue weighted by Gasteiger charge is 2.33. The van der Waals surface area contributed by atoms with E-state index < -0.39 is 17.6 Å². The quantitative estimate of drug-likeness (QED) is 0.812. The molecule has 0 saturated heterocycles. The van der Waals surface area contributed by atoms with Crippen molar-refractivity contribution in [3.05, 3.63) is 29.8 Å². The van der Waals surface area contributed by atoms with Crippen LogP contribution in [0.1, 0.15) is 5.56 Å². The van der Waals surface area contributed by atoms with Crippen molar-refractivity contribution < 1.29 is 18.0 Å². The number of carbonyl (C=O) groups is 1. The van der Waals surface area contributed by atoms with Gasteiger partial charge in [0.25, 0.3) is 0 Å². The minimum atomic E-state index is -4.51. The van der Waals surface area contributed by atoms with E-state index in [0.717, 1.165) is 22.2 Å². The van der Waals surface area contributed by atoms with Crippen molar-refractivity contribution in [2.45, 2.75) is 14.9 Å². The van der Waals surface area contributed by atoms with Gasteiger partial charge in [0.15, 0.2) is 8.68 Å². The SMILES string of the molecule is CSc1nnc(SCC(=O)Nc2ccccc2C(F)(F)F)s1. The molecule has 0 bridgehead atoms. The second kappa shape index (κ2) is 7.34. The molecular weight excluding hydrogens is 355 g/mol. The van der Waals surface area contributed by atoms with Gasteiger partial charge in [0.2, 0.25) is 5.91 Å². The number of thioether (sulfide) groups is 2. The number of hydrogen-bond acceptors (Lipinski definition) is 6. The summed E-state index contributed by atoms with van der Waals surface area (Å²) in [5.74, 6) is -0.558. The molecule has 1 amide bonds. The normalized spacial score (nSPS) is 11.5. The van der Waals surface area contributed by atoms with Gasteiger partial charge in [-0.05, 0) is 18.4 Å². The smallest absolute Gasteiger partial charge is 0.325 e. The number of anilines is 1. The van der Waals surface area contributed by atoms with Crippen LogP contribution in [0.5, 0.6) is 0 Å². The largest absolute Gasteiger partial charge is 0.418 e. The number of nitrogens with zero attached hydrogens (tertiary/aromatic N) is 2. The van der Waals surface area contributed by atoms with Crippen LogP contribution in [-0.4, -0.2) is 28.1 Å². The maximum atomic E-state index is 12.8. The van der Waals surface area contributed by atoms with Crippen LogP contribution < -0.4 is 5.32 Å². The predicted molar refractivity (Wildman–Crippen MR) is 82.5 cm³/mol. The summed E-state index contributed by atoms with van der Waals surface area (Å²) < 4.78 is 39.8. The van der Waals surface area contributed by atoms with Crippen molar-refractivity contribution in [1.29, 1.82) is 0 Å². The summed E-state index contributed by atoms with van der Waals surface area (Å²) in [7, 11) is 0. The number of para-hydroxylation sites is 1. The molecule has 0 fully saturated rings. The highest BCUT2D eigenvalue weighted by Crippen LogP contribution is 2.34. The molecule has 0 atom stereocenters. The van der Waals surface area contributed by atoms with Crippen LogP contribution in [0.3, 0.4) is 0 Å². The predicted octanol–water partition coefficient (Wildman–Crippen LogP) is 4.01. The zero-order valence-electron chi connectivity index (χ0n) is 11.2. The maximum Gasteiger partial charge on any atom is 0.418 e. The summed E-state index contributed by atoms with van der Waals surface area (Å²) in [4.78, 5) is 11.8. The number of carbonyl (C=O) groups excluding carboxylic acids is 1. The molecular formula is C12H10F3N3OS3. The second-order valence-corrected chi connectivity index (χ2v) is 7.17. The summed E-state index contributed by atoms with van der Waals surface area (Å²) in [6.45, 7) is 0. The van der Waals surface area contributed by atoms with Crippen molar-refractivity contribution in [3.63, 3.8) is 0 Å². The summed E-state index contributed by atoms with van der Waals surface area (Å²) in [5.41, 5.74) is -1.11. The first-order chi connectivity index (χ1) is 10.4. The van der Waals surface area contributed by atoms with Gasteiger partial charge in [-0.25, -0.2) is 0 Å². The first kappa shape index (κ1) is 17.1. The molecule has 22 heavy (non-hydrogen) atoms. The van der Waals surface area contributed by atoms with E-state index in [1.165, 1.54) is 41.3 Å². The Bertz CT molecular complexity index is 660. The summed E-state index contributed by atoms with van der Waals surface area (Å²) in [6.07, 6.45) is -2.65. The van der Waals surface area contributed by atoms with Crippen molar-refractivity contribution in [2.75, 3.05) is 17.3 Å². The van der Waals surface area contributed by atoms with Crippen molar-refractivity contribution >= 4 is 46.5 Å². The molecule has 4 nitrogen and oxygen atoms in total. The molecule has 1 aromatic carbocycles. The number of nitrogens with one attached hydrogen (secondary N) is 1. The lowest BCUT2D eigenvalue weighted by atomic mass is 10.1. The highest BCUT2D eigenvalue weighted by atomic mass is 32.2. The minimum absolute atomic E-state index is 0.0325. The van der Waals surface area contributed by atoms with E-state index in [1.54, 1.807) is 0 Å². The Kier molecular flexibility index (Phi) is 5.70. The average molecular weight is 365 g/mol. The summed E-state index contributed by atoms with van der Waals surface area (Å²) >= 11 is 3.91. The van der Waals surface area contributed by atoms with Crippen LogP contribution in [0.2, 0.25) is 0 Å². The topological polar surface area (TPSA) is 54.9 Å². The Morgan fingerprint density at radius 3 is 2.59 bits per heavy atom. The molecule has 10 heteroatoms. The lowest BCUT2D eigenvalue weighted by Gasteiger charge is -2.13. The minimum Gasteiger partial charge on any atom is -0.325 e. The molecule has 1 heterocycles. The molecule has 0 radical (unpaired) electrons. The number of amides is 1. The van der Waals surface area contributed by atoms with E-state index >= 15 is 0 Å². The van der Waals surface area contributed by atoms with Gasteiger partial charge in [0.05, 0.1) is 17.0 Å². The number of halogens is 3. The maximum absolute atomic E-state index is 12.8. The Morgan fingerprint density at radius 1 is 1.27 bits per heavy atom. The van der Waals surface area contributed by atoms with Gasteiger partial charge in [-0.2, -0.15) is 13.2 Å². The molecule has 0 unspecified atom stereocenters. The number of alkyl halides is 3. The summed E-state index contributed by atoms with van der Waals surface area (Å²) in [5, 5.41) is 10.0. The Balaban J connectivity index is 1.98. The fourth-order valence-corrected chi connectivity index (χ4v) is 3.73. The lowest BCUT2D eigenvalue weighted by molar-refractivity contribution is -0.137. The standard InChI is InChI=1S/C12H10F3N3OS3/c1-20-10-17-18-11(22-10)21-6-9(19)16-8-5-3-2-4-7(8)12(13,14)15/h2-5H,6H2,1H3,(H,16,19). The Labute approximate surface area is 136 Å². The monoisotopic (exact) mass is 365 g/mol. The number of hydrogen-bond donors (Lipinski definition) is 1. The van der Waals surface area contributed by atoms with Crippen LogP contribution in [0.15, 0.2) is 32.9 Å². The Morgan fingerprint density at radius 2 is 1.95 bits per heavy atom. The van der Waals surface area contributed by atoms with Crippen LogP contribution in [-0.2, 0) is 11.0 Å². The van der Waals surface area contributed by atoms with Crippen molar-refractivity contribution in [3.8, 4) is 0 Å². The molecule has 2 rings (SSSR count). The molecule has 0 spiro atoms. The second-order valence-electron chi connectivity index (χ2n) is 3.92. The van der Waals surface area contributed by atoms with E-state index in [-0.39, 0.29) is 11.4 Å². The van der Waals surface area contributed by atoms with E-state index in [9.17, 15) is 18.0 Å². The molecule has 0 aliphatic carbocycles. The molecule has 0 saturated carbocycles. The van der Waals surface area contributed by atoms with Gasteiger partial charge in [-0.3, -0.25) is 4.79 Å². The third-order valence-corrected chi connectivity index (χ3v) is 5.43. The molecule has 1 N–H and O–H groups in total. The number of rotatable bonds is 5. The average Bonchev–Trinajstić information content (AvgIpc) is 2.92. The fourth-order valence-electron chi connectivity index (χ4n) is 1.49. The van der Waals surface area contributed by atoms with Crippen molar-refractivity contribution in [2.24, 2.45) is 0 Å². The van der Waals surface area contributed by atoms with Gasteiger partial charge >= 0.3 is 6.18 Å². The van der Waals surface area contributed by atoms with Gasteiger partial charge < -0.3 is 5.32 Å². The van der Waals surface area contributed by atoms with Crippen LogP contribution in [0.4, 0.5) is 18.9 Å². The van der Waals surface area contributed by atoms with Gasteiger partial charge in [-0.1, -0.05) is 47.0 Å². The van der Waals surface area contributed by atoms with E-state index in [1.807, 2.05) is 6.26 Å². The fraction of sp³-hybridized carbons (Fsp3) is 0.250. The summed E-state index contributed by atoms with van der Waals surface area (Å²) in [6, 6.07) is 4.87. The van der Waals surface area contributed by atoms with Gasteiger partial charge in [0, 0.05) is 0 Å². The first-order valence-corrected chi connectivity index (χ1v) is 8.89. The number of benzene rings is 1. The van der Waals surface area contributed by atoms with E-state index in [0.29, 0.717) is 4.34 Å². The van der Waals surface area contributed by atoms with E-state index in [4.69, 9.17) is 0 Å². The van der Waals surface area contributed by atoms with Gasteiger partial charge in [-0.15, -0.1) is 10.2 Å². The third-order valence-electron chi connectivity index (χ3n) is 2.40. The molecule has 1 aromatic heterocycles. The van der Waals surface area contributed by atoms with Crippen LogP contribution in [0, 0.1) is 0 Å². The Hall–Kier alpha value is -1.26. The molecule has 2 aromatic rings. The zero-order chi connectivity index (χ0) is 16.2. The van der Waals surface area contributed by atoms with E-state index in [2.05, 4.69) is 15.5 Å². The highest BCUT2D eigenvalue weighted by molar-refractivity contribution is 8.03. The van der Waals surface area contributed by atoms with Crippen molar-refractivity contribution in [1.82, 2.24) is 10.2 Å². The number of aromatic nitrogens is 2. The molecule has 0 aliphatic heterocycles. The molecule has 0 aliphatic rings.